The van der Waals surface area contributed by atoms with Gasteiger partial charge in [0.1, 0.15) is 12.2 Å². The van der Waals surface area contributed by atoms with E-state index in [9.17, 15) is 23.1 Å². The molecular weight excluding hydrogens is 261 g/mol. The predicted octanol–water partition coefficient (Wildman–Crippen LogP) is 1.55. The summed E-state index contributed by atoms with van der Waals surface area (Å²) in [6, 6.07) is 2.71. The Balaban J connectivity index is 1.93. The van der Waals surface area contributed by atoms with Crippen molar-refractivity contribution in [2.45, 2.75) is 31.7 Å². The summed E-state index contributed by atoms with van der Waals surface area (Å²) in [5, 5.41) is 12.0. The predicted molar refractivity (Wildman–Crippen MR) is 61.6 cm³/mol. The first-order valence-corrected chi connectivity index (χ1v) is 6.05. The van der Waals surface area contributed by atoms with Gasteiger partial charge in [-0.15, -0.1) is 0 Å². The van der Waals surface area contributed by atoms with Gasteiger partial charge in [-0.05, 0) is 30.9 Å². The molecule has 0 aromatic carbocycles. The molecule has 19 heavy (non-hydrogen) atoms. The van der Waals surface area contributed by atoms with E-state index >= 15 is 0 Å². The fourth-order valence-corrected chi connectivity index (χ4v) is 1.89. The number of halogens is 3. The molecule has 1 atom stereocenters. The summed E-state index contributed by atoms with van der Waals surface area (Å²) >= 11 is 0. The Morgan fingerprint density at radius 2 is 2.21 bits per heavy atom. The van der Waals surface area contributed by atoms with Gasteiger partial charge in [0.05, 0.1) is 6.10 Å². The number of aliphatic hydroxyl groups is 1. The Kier molecular flexibility index (Phi) is 3.84. The lowest BCUT2D eigenvalue weighted by molar-refractivity contribution is -0.140. The zero-order valence-electron chi connectivity index (χ0n) is 10.2. The van der Waals surface area contributed by atoms with Crippen LogP contribution in [0.15, 0.2) is 18.3 Å². The van der Waals surface area contributed by atoms with E-state index in [1.54, 1.807) is 0 Å². The summed E-state index contributed by atoms with van der Waals surface area (Å²) in [5.41, 5.74) is -0.0553. The maximum Gasteiger partial charge on any atom is 0.406 e. The van der Waals surface area contributed by atoms with E-state index < -0.39 is 24.7 Å². The minimum absolute atomic E-state index is 0.0553. The average molecular weight is 276 g/mol. The van der Waals surface area contributed by atoms with Crippen LogP contribution in [0.4, 0.5) is 13.2 Å². The van der Waals surface area contributed by atoms with E-state index in [0.717, 1.165) is 17.4 Å². The zero-order valence-corrected chi connectivity index (χ0v) is 10.2. The summed E-state index contributed by atoms with van der Waals surface area (Å²) in [4.78, 5) is 11.7. The van der Waals surface area contributed by atoms with Crippen LogP contribution in [0.2, 0.25) is 0 Å². The maximum atomic E-state index is 12.3. The van der Waals surface area contributed by atoms with Crippen molar-refractivity contribution in [3.8, 4) is 0 Å². The molecule has 2 rings (SSSR count). The van der Waals surface area contributed by atoms with Crippen molar-refractivity contribution < 1.29 is 23.1 Å². The smallest absolute Gasteiger partial charge is 0.391 e. The second kappa shape index (κ2) is 5.24. The van der Waals surface area contributed by atoms with Gasteiger partial charge in [-0.3, -0.25) is 4.79 Å². The summed E-state index contributed by atoms with van der Waals surface area (Å²) in [5.74, 6) is -0.392. The highest BCUT2D eigenvalue weighted by Gasteiger charge is 2.31. The molecule has 1 heterocycles. The van der Waals surface area contributed by atoms with Crippen molar-refractivity contribution in [3.63, 3.8) is 0 Å². The van der Waals surface area contributed by atoms with Crippen LogP contribution in [0.1, 0.15) is 23.3 Å². The van der Waals surface area contributed by atoms with E-state index in [2.05, 4.69) is 5.32 Å². The Morgan fingerprint density at radius 1 is 1.53 bits per heavy atom. The van der Waals surface area contributed by atoms with Gasteiger partial charge >= 0.3 is 6.18 Å². The van der Waals surface area contributed by atoms with Crippen LogP contribution in [-0.4, -0.2) is 34.4 Å². The lowest BCUT2D eigenvalue weighted by Crippen LogP contribution is -2.34. The molecule has 1 fully saturated rings. The highest BCUT2D eigenvalue weighted by Crippen LogP contribution is 2.32. The molecule has 7 heteroatoms. The van der Waals surface area contributed by atoms with Crippen LogP contribution in [0, 0.1) is 5.92 Å². The minimum Gasteiger partial charge on any atom is -0.391 e. The first-order chi connectivity index (χ1) is 8.87. The van der Waals surface area contributed by atoms with Crippen molar-refractivity contribution in [1.29, 1.82) is 0 Å². The van der Waals surface area contributed by atoms with Crippen LogP contribution < -0.4 is 5.32 Å². The third kappa shape index (κ3) is 3.99. The molecule has 1 aromatic rings. The second-order valence-corrected chi connectivity index (χ2v) is 4.75. The van der Waals surface area contributed by atoms with Gasteiger partial charge in [0.15, 0.2) is 0 Å². The van der Waals surface area contributed by atoms with Gasteiger partial charge in [-0.1, -0.05) is 0 Å². The van der Waals surface area contributed by atoms with Gasteiger partial charge in [-0.25, -0.2) is 0 Å². The summed E-state index contributed by atoms with van der Waals surface area (Å²) in [7, 11) is 0. The van der Waals surface area contributed by atoms with Crippen LogP contribution in [0.25, 0.3) is 0 Å². The Labute approximate surface area is 108 Å². The number of nitrogens with one attached hydrogen (secondary N) is 1. The quantitative estimate of drug-likeness (QED) is 0.857. The Bertz CT molecular complexity index is 452. The largest absolute Gasteiger partial charge is 0.406 e. The number of rotatable bonds is 5. The van der Waals surface area contributed by atoms with Gasteiger partial charge in [0.2, 0.25) is 0 Å². The molecule has 1 aliphatic rings. The number of hydrogen-bond acceptors (Lipinski definition) is 2. The highest BCUT2D eigenvalue weighted by molar-refractivity contribution is 5.92. The number of carbonyl (C=O) groups excluding carboxylic acids is 1. The molecular formula is C12H15F3N2O2. The van der Waals surface area contributed by atoms with Crippen LogP contribution >= 0.6 is 0 Å². The molecule has 4 nitrogen and oxygen atoms in total. The SMILES string of the molecule is O=C(NCC(O)C1CC1)c1cccn1CC(F)(F)F. The van der Waals surface area contributed by atoms with Gasteiger partial charge in [0, 0.05) is 12.7 Å². The third-order valence-corrected chi connectivity index (χ3v) is 3.05. The minimum atomic E-state index is -4.37. The van der Waals surface area contributed by atoms with Crippen molar-refractivity contribution in [2.75, 3.05) is 6.54 Å². The van der Waals surface area contributed by atoms with Crippen molar-refractivity contribution in [1.82, 2.24) is 9.88 Å². The number of alkyl halides is 3. The highest BCUT2D eigenvalue weighted by atomic mass is 19.4. The first-order valence-electron chi connectivity index (χ1n) is 6.05. The number of aromatic nitrogens is 1. The van der Waals surface area contributed by atoms with E-state index in [4.69, 9.17) is 0 Å². The molecule has 1 unspecified atom stereocenters. The van der Waals surface area contributed by atoms with Crippen molar-refractivity contribution in [3.05, 3.63) is 24.0 Å². The molecule has 0 spiro atoms. The number of amides is 1. The fourth-order valence-electron chi connectivity index (χ4n) is 1.89. The molecule has 2 N–H and O–H groups in total. The molecule has 0 saturated heterocycles. The van der Waals surface area contributed by atoms with Gasteiger partial charge in [-0.2, -0.15) is 13.2 Å². The molecule has 1 amide bonds. The monoisotopic (exact) mass is 276 g/mol. The first kappa shape index (κ1) is 13.9. The number of carbonyl (C=O) groups is 1. The van der Waals surface area contributed by atoms with E-state index in [-0.39, 0.29) is 18.2 Å². The summed E-state index contributed by atoms with van der Waals surface area (Å²) < 4.78 is 37.7. The van der Waals surface area contributed by atoms with Crippen molar-refractivity contribution >= 4 is 5.91 Å². The average Bonchev–Trinajstić information content (AvgIpc) is 3.06. The van der Waals surface area contributed by atoms with Crippen LogP contribution in [0.5, 0.6) is 0 Å². The molecule has 1 saturated carbocycles. The maximum absolute atomic E-state index is 12.3. The molecule has 1 aromatic heterocycles. The van der Waals surface area contributed by atoms with E-state index in [1.165, 1.54) is 18.3 Å². The van der Waals surface area contributed by atoms with E-state index in [0.29, 0.717) is 0 Å². The lowest BCUT2D eigenvalue weighted by atomic mass is 10.2. The van der Waals surface area contributed by atoms with Gasteiger partial charge < -0.3 is 15.0 Å². The molecule has 1 aliphatic carbocycles. The molecule has 0 bridgehead atoms. The van der Waals surface area contributed by atoms with Crippen LogP contribution in [-0.2, 0) is 6.54 Å². The molecule has 0 radical (unpaired) electrons. The summed E-state index contributed by atoms with van der Waals surface area (Å²) in [6.45, 7) is -1.13. The zero-order chi connectivity index (χ0) is 14.0. The topological polar surface area (TPSA) is 54.3 Å². The van der Waals surface area contributed by atoms with Gasteiger partial charge in [0.25, 0.3) is 5.91 Å². The second-order valence-electron chi connectivity index (χ2n) is 4.75. The molecule has 0 aliphatic heterocycles. The standard InChI is InChI=1S/C12H15F3N2O2/c13-12(14,15)7-17-5-1-2-9(17)11(19)16-6-10(18)8-3-4-8/h1-2,5,8,10,18H,3-4,6-7H2,(H,16,19). The number of nitrogens with zero attached hydrogens (tertiary/aromatic N) is 1. The van der Waals surface area contributed by atoms with E-state index in [1.807, 2.05) is 0 Å². The summed E-state index contributed by atoms with van der Waals surface area (Å²) in [6.07, 6.45) is -1.92. The Hall–Kier alpha value is -1.50. The third-order valence-electron chi connectivity index (χ3n) is 3.05. The Morgan fingerprint density at radius 3 is 2.79 bits per heavy atom. The van der Waals surface area contributed by atoms with Crippen LogP contribution in [0.3, 0.4) is 0 Å². The molecule has 106 valence electrons. The fraction of sp³-hybridized carbons (Fsp3) is 0.583. The normalized spacial score (nSPS) is 17.3. The van der Waals surface area contributed by atoms with Crippen molar-refractivity contribution in [2.24, 2.45) is 5.92 Å². The number of hydrogen-bond donors (Lipinski definition) is 2. The lowest BCUT2D eigenvalue weighted by Gasteiger charge is -2.13. The number of aliphatic hydroxyl groups excluding tert-OH is 1.